The summed E-state index contributed by atoms with van der Waals surface area (Å²) in [5.41, 5.74) is 2.86. The highest BCUT2D eigenvalue weighted by molar-refractivity contribution is 7.13. The number of hydrogen-bond donors (Lipinski definition) is 2. The number of aliphatic imine (C=N–C) groups is 1. The van der Waals surface area contributed by atoms with Crippen molar-refractivity contribution in [3.8, 4) is 5.69 Å². The molecular formula is C22H28N6O2S. The molecule has 1 unspecified atom stereocenters. The Morgan fingerprint density at radius 3 is 2.81 bits per heavy atom. The molecule has 0 spiro atoms. The van der Waals surface area contributed by atoms with Crippen LogP contribution in [0.5, 0.6) is 0 Å². The fraction of sp³-hybridized carbons (Fsp3) is 0.364. The number of benzene rings is 1. The number of nitrogens with one attached hydrogen (secondary N) is 2. The van der Waals surface area contributed by atoms with Gasteiger partial charge in [-0.25, -0.2) is 14.5 Å². The van der Waals surface area contributed by atoms with Gasteiger partial charge in [0.2, 0.25) is 0 Å². The largest absolute Gasteiger partial charge is 0.462 e. The maximum absolute atomic E-state index is 12.0. The van der Waals surface area contributed by atoms with Gasteiger partial charge in [0, 0.05) is 19.8 Å². The van der Waals surface area contributed by atoms with E-state index in [1.807, 2.05) is 61.3 Å². The lowest BCUT2D eigenvalue weighted by molar-refractivity contribution is 0.0531. The van der Waals surface area contributed by atoms with E-state index in [1.54, 1.807) is 14.0 Å². The molecule has 8 nitrogen and oxygen atoms in total. The summed E-state index contributed by atoms with van der Waals surface area (Å²) in [6, 6.07) is 9.93. The smallest absolute Gasteiger partial charge is 0.350 e. The third-order valence-corrected chi connectivity index (χ3v) is 5.90. The molecule has 3 aromatic rings. The number of aromatic nitrogens is 3. The minimum atomic E-state index is -0.325. The first-order valence-electron chi connectivity index (χ1n) is 10.2. The molecule has 2 aromatic heterocycles. The van der Waals surface area contributed by atoms with Crippen molar-refractivity contribution >= 4 is 23.3 Å². The van der Waals surface area contributed by atoms with Crippen molar-refractivity contribution in [1.29, 1.82) is 0 Å². The van der Waals surface area contributed by atoms with Gasteiger partial charge in [0.1, 0.15) is 9.88 Å². The molecule has 0 aliphatic heterocycles. The lowest BCUT2D eigenvalue weighted by Crippen LogP contribution is -2.39. The number of esters is 1. The molecule has 0 bridgehead atoms. The highest BCUT2D eigenvalue weighted by atomic mass is 32.1. The highest BCUT2D eigenvalue weighted by Crippen LogP contribution is 2.24. The van der Waals surface area contributed by atoms with Crippen molar-refractivity contribution < 1.29 is 9.53 Å². The van der Waals surface area contributed by atoms with Crippen molar-refractivity contribution in [2.45, 2.75) is 33.2 Å². The number of hydrogen-bond acceptors (Lipinski definition) is 6. The van der Waals surface area contributed by atoms with Gasteiger partial charge < -0.3 is 15.4 Å². The summed E-state index contributed by atoms with van der Waals surface area (Å²) < 4.78 is 6.97. The van der Waals surface area contributed by atoms with Crippen molar-refractivity contribution in [3.63, 3.8) is 0 Å². The minimum absolute atomic E-state index is 0.0982. The predicted molar refractivity (Wildman–Crippen MR) is 123 cm³/mol. The normalized spacial score (nSPS) is 12.5. The van der Waals surface area contributed by atoms with E-state index in [9.17, 15) is 4.79 Å². The van der Waals surface area contributed by atoms with Crippen LogP contribution >= 0.6 is 11.3 Å². The maximum Gasteiger partial charge on any atom is 0.350 e. The Kier molecular flexibility index (Phi) is 7.77. The van der Waals surface area contributed by atoms with Gasteiger partial charge in [-0.3, -0.25) is 4.99 Å². The monoisotopic (exact) mass is 440 g/mol. The maximum atomic E-state index is 12.0. The van der Waals surface area contributed by atoms with E-state index in [0.29, 0.717) is 29.7 Å². The summed E-state index contributed by atoms with van der Waals surface area (Å²) in [5, 5.41) is 11.9. The van der Waals surface area contributed by atoms with Crippen LogP contribution in [0.2, 0.25) is 0 Å². The van der Waals surface area contributed by atoms with E-state index in [1.165, 1.54) is 11.3 Å². The van der Waals surface area contributed by atoms with Gasteiger partial charge >= 0.3 is 5.97 Å². The van der Waals surface area contributed by atoms with Crippen LogP contribution in [-0.4, -0.2) is 46.9 Å². The molecule has 1 atom stereocenters. The molecule has 3 rings (SSSR count). The third-order valence-electron chi connectivity index (χ3n) is 4.58. The van der Waals surface area contributed by atoms with Gasteiger partial charge in [-0.2, -0.15) is 5.10 Å². The molecule has 31 heavy (non-hydrogen) atoms. The fourth-order valence-corrected chi connectivity index (χ4v) is 3.95. The Balaban J connectivity index is 1.52. The number of para-hydroxylation sites is 1. The van der Waals surface area contributed by atoms with Gasteiger partial charge in [-0.05, 0) is 44.9 Å². The molecule has 0 amide bonds. The number of carbonyl (C=O) groups excluding carboxylic acids is 1. The number of thiazole rings is 1. The molecule has 1 aromatic carbocycles. The van der Waals surface area contributed by atoms with Gasteiger partial charge in [0.15, 0.2) is 5.96 Å². The Labute approximate surface area is 186 Å². The van der Waals surface area contributed by atoms with Crippen LogP contribution in [0.4, 0.5) is 0 Å². The minimum Gasteiger partial charge on any atom is -0.462 e. The molecule has 0 saturated heterocycles. The van der Waals surface area contributed by atoms with Crippen molar-refractivity contribution in [3.05, 3.63) is 63.9 Å². The van der Waals surface area contributed by atoms with Gasteiger partial charge in [-0.15, -0.1) is 11.3 Å². The molecule has 0 fully saturated rings. The van der Waals surface area contributed by atoms with E-state index in [4.69, 9.17) is 4.74 Å². The Morgan fingerprint density at radius 2 is 2.10 bits per heavy atom. The summed E-state index contributed by atoms with van der Waals surface area (Å²) in [7, 11) is 1.73. The molecule has 0 radical (unpaired) electrons. The zero-order chi connectivity index (χ0) is 22.2. The van der Waals surface area contributed by atoms with E-state index < -0.39 is 0 Å². The zero-order valence-corrected chi connectivity index (χ0v) is 19.1. The molecule has 0 aliphatic rings. The van der Waals surface area contributed by atoms with E-state index in [0.717, 1.165) is 22.7 Å². The number of rotatable bonds is 8. The number of ether oxygens (including phenoxy) is 1. The topological polar surface area (TPSA) is 93.4 Å². The van der Waals surface area contributed by atoms with E-state index in [2.05, 4.69) is 25.7 Å². The van der Waals surface area contributed by atoms with Gasteiger partial charge in [0.05, 0.1) is 30.2 Å². The van der Waals surface area contributed by atoms with Crippen LogP contribution in [0.3, 0.4) is 0 Å². The van der Waals surface area contributed by atoms with Gasteiger partial charge in [0.25, 0.3) is 0 Å². The Bertz CT molecular complexity index is 1030. The summed E-state index contributed by atoms with van der Waals surface area (Å²) in [6.07, 6.45) is 4.72. The number of carbonyl (C=O) groups is 1. The molecule has 0 aliphatic carbocycles. The second-order valence-corrected chi connectivity index (χ2v) is 7.96. The molecule has 0 saturated carbocycles. The van der Waals surface area contributed by atoms with Gasteiger partial charge in [-0.1, -0.05) is 18.2 Å². The fourth-order valence-electron chi connectivity index (χ4n) is 2.99. The van der Waals surface area contributed by atoms with Crippen molar-refractivity contribution in [2.75, 3.05) is 20.2 Å². The first kappa shape index (κ1) is 22.5. The quantitative estimate of drug-likeness (QED) is 0.317. The lowest BCUT2D eigenvalue weighted by atomic mass is 10.2. The Hall–Kier alpha value is -3.20. The molecule has 2 N–H and O–H groups in total. The summed E-state index contributed by atoms with van der Waals surface area (Å²) in [5.74, 6) is 0.350. The summed E-state index contributed by atoms with van der Waals surface area (Å²) in [6.45, 7) is 6.66. The SMILES string of the molecule is CCOC(=O)c1sc(C(C)NC(=NC)NCCc2cnn(-c3ccccc3)c2)nc1C. The average molecular weight is 441 g/mol. The van der Waals surface area contributed by atoms with Crippen LogP contribution < -0.4 is 10.6 Å². The van der Waals surface area contributed by atoms with Crippen LogP contribution in [0.1, 0.15) is 45.8 Å². The molecule has 2 heterocycles. The second kappa shape index (κ2) is 10.7. The second-order valence-electron chi connectivity index (χ2n) is 6.93. The first-order chi connectivity index (χ1) is 15.0. The lowest BCUT2D eigenvalue weighted by Gasteiger charge is -2.16. The number of nitrogens with zero attached hydrogens (tertiary/aromatic N) is 4. The Morgan fingerprint density at radius 1 is 1.32 bits per heavy atom. The zero-order valence-electron chi connectivity index (χ0n) is 18.3. The highest BCUT2D eigenvalue weighted by Gasteiger charge is 2.20. The van der Waals surface area contributed by atoms with Crippen LogP contribution in [-0.2, 0) is 11.2 Å². The summed E-state index contributed by atoms with van der Waals surface area (Å²) in [4.78, 5) is 21.4. The third kappa shape index (κ3) is 5.91. The van der Waals surface area contributed by atoms with Crippen molar-refractivity contribution in [2.24, 2.45) is 4.99 Å². The molecule has 9 heteroatoms. The number of aryl methyl sites for hydroxylation is 1. The standard InChI is InChI=1S/C22H28N6O2S/c1-5-30-21(29)19-15(2)26-20(31-19)16(3)27-22(23-4)24-12-11-17-13-25-28(14-17)18-9-7-6-8-10-18/h6-10,13-14,16H,5,11-12H2,1-4H3,(H2,23,24,27). The molecular weight excluding hydrogens is 412 g/mol. The predicted octanol–water partition coefficient (Wildman–Crippen LogP) is 3.28. The first-order valence-corrected chi connectivity index (χ1v) is 11.0. The number of guanidine groups is 1. The van der Waals surface area contributed by atoms with Crippen LogP contribution in [0.15, 0.2) is 47.7 Å². The van der Waals surface area contributed by atoms with Crippen LogP contribution in [0, 0.1) is 6.92 Å². The van der Waals surface area contributed by atoms with E-state index >= 15 is 0 Å². The molecule has 164 valence electrons. The van der Waals surface area contributed by atoms with E-state index in [-0.39, 0.29) is 12.0 Å². The van der Waals surface area contributed by atoms with Crippen LogP contribution in [0.25, 0.3) is 5.69 Å². The summed E-state index contributed by atoms with van der Waals surface area (Å²) >= 11 is 1.35. The van der Waals surface area contributed by atoms with Crippen molar-refractivity contribution in [1.82, 2.24) is 25.4 Å². The average Bonchev–Trinajstić information content (AvgIpc) is 3.40.